The molecule has 0 aliphatic carbocycles. The Morgan fingerprint density at radius 1 is 0.963 bits per heavy atom. The zero-order valence-corrected chi connectivity index (χ0v) is 15.1. The van der Waals surface area contributed by atoms with Gasteiger partial charge in [-0.25, -0.2) is 4.98 Å². The Hall–Kier alpha value is -3.05. The normalized spacial score (nSPS) is 17.6. The summed E-state index contributed by atoms with van der Waals surface area (Å²) in [4.78, 5) is 16.0. The largest absolute Gasteiger partial charge is 0.305 e. The van der Waals surface area contributed by atoms with Gasteiger partial charge in [-0.3, -0.25) is 14.9 Å². The van der Waals surface area contributed by atoms with Crippen LogP contribution < -0.4 is 0 Å². The van der Waals surface area contributed by atoms with E-state index in [0.717, 1.165) is 36.3 Å². The molecule has 0 saturated carbocycles. The third-order valence-electron chi connectivity index (χ3n) is 5.33. The first kappa shape index (κ1) is 16.1. The fourth-order valence-electron chi connectivity index (χ4n) is 4.01. The average molecular weight is 355 g/mol. The van der Waals surface area contributed by atoms with Gasteiger partial charge < -0.3 is 4.40 Å². The fourth-order valence-corrected chi connectivity index (χ4v) is 4.01. The second kappa shape index (κ2) is 6.93. The molecule has 0 N–H and O–H groups in total. The van der Waals surface area contributed by atoms with E-state index in [4.69, 9.17) is 4.98 Å². The van der Waals surface area contributed by atoms with E-state index in [-0.39, 0.29) is 0 Å². The van der Waals surface area contributed by atoms with Crippen molar-refractivity contribution in [3.63, 3.8) is 0 Å². The van der Waals surface area contributed by atoms with Crippen molar-refractivity contribution in [2.24, 2.45) is 0 Å². The number of aromatic nitrogens is 4. The fraction of sp³-hybridized carbons (Fsp3) is 0.227. The summed E-state index contributed by atoms with van der Waals surface area (Å²) in [7, 11) is 0. The standard InChI is InChI=1S/C22H21N5/c1-2-11-24-19(6-1)15-26-12-4-7-20(26)22-21-9-8-18(14-27(21)16-25-22)17-5-3-10-23-13-17/h1-3,5-6,8-11,13-14,16,20H,4,7,12,15H2/t20-/m1/s1. The molecule has 1 fully saturated rings. The molecule has 0 unspecified atom stereocenters. The van der Waals surface area contributed by atoms with Gasteiger partial charge in [-0.05, 0) is 49.2 Å². The van der Waals surface area contributed by atoms with E-state index >= 15 is 0 Å². The van der Waals surface area contributed by atoms with E-state index in [1.54, 1.807) is 6.20 Å². The van der Waals surface area contributed by atoms with Crippen LogP contribution in [0, 0.1) is 0 Å². The van der Waals surface area contributed by atoms with Gasteiger partial charge in [0, 0.05) is 36.9 Å². The third kappa shape index (κ3) is 3.11. The summed E-state index contributed by atoms with van der Waals surface area (Å²) in [5, 5.41) is 0. The van der Waals surface area contributed by atoms with Crippen LogP contribution in [0.2, 0.25) is 0 Å². The van der Waals surface area contributed by atoms with Gasteiger partial charge in [0.25, 0.3) is 0 Å². The van der Waals surface area contributed by atoms with Gasteiger partial charge in [-0.1, -0.05) is 18.2 Å². The topological polar surface area (TPSA) is 46.3 Å². The number of imidazole rings is 1. The molecule has 5 heterocycles. The van der Waals surface area contributed by atoms with E-state index in [9.17, 15) is 0 Å². The van der Waals surface area contributed by atoms with Crippen LogP contribution >= 0.6 is 0 Å². The average Bonchev–Trinajstić information content (AvgIpc) is 3.35. The van der Waals surface area contributed by atoms with Crippen molar-refractivity contribution >= 4 is 5.52 Å². The minimum absolute atomic E-state index is 0.348. The molecular formula is C22H21N5. The maximum absolute atomic E-state index is 4.79. The number of pyridine rings is 3. The van der Waals surface area contributed by atoms with Crippen molar-refractivity contribution < 1.29 is 0 Å². The van der Waals surface area contributed by atoms with Gasteiger partial charge >= 0.3 is 0 Å². The van der Waals surface area contributed by atoms with Gasteiger partial charge in [0.15, 0.2) is 0 Å². The molecular weight excluding hydrogens is 334 g/mol. The Balaban J connectivity index is 1.46. The summed E-state index contributed by atoms with van der Waals surface area (Å²) in [5.74, 6) is 0. The molecule has 4 aromatic rings. The summed E-state index contributed by atoms with van der Waals surface area (Å²) >= 11 is 0. The van der Waals surface area contributed by atoms with Crippen molar-refractivity contribution in [2.75, 3.05) is 6.54 Å². The van der Waals surface area contributed by atoms with Crippen LogP contribution in [-0.2, 0) is 6.54 Å². The molecule has 0 spiro atoms. The lowest BCUT2D eigenvalue weighted by Crippen LogP contribution is -2.23. The Kier molecular flexibility index (Phi) is 4.14. The molecule has 1 aliphatic rings. The molecule has 27 heavy (non-hydrogen) atoms. The molecule has 1 aliphatic heterocycles. The molecule has 1 saturated heterocycles. The van der Waals surface area contributed by atoms with Crippen molar-refractivity contribution in [2.45, 2.75) is 25.4 Å². The molecule has 0 amide bonds. The number of hydrogen-bond acceptors (Lipinski definition) is 4. The minimum atomic E-state index is 0.348. The minimum Gasteiger partial charge on any atom is -0.305 e. The first-order valence-electron chi connectivity index (χ1n) is 9.39. The van der Waals surface area contributed by atoms with Crippen LogP contribution in [0.3, 0.4) is 0 Å². The lowest BCUT2D eigenvalue weighted by Gasteiger charge is -2.23. The number of nitrogens with zero attached hydrogens (tertiary/aromatic N) is 5. The molecule has 134 valence electrons. The second-order valence-electron chi connectivity index (χ2n) is 7.03. The van der Waals surface area contributed by atoms with E-state index < -0.39 is 0 Å². The molecule has 0 radical (unpaired) electrons. The number of likely N-dealkylation sites (tertiary alicyclic amines) is 1. The van der Waals surface area contributed by atoms with E-state index in [0.29, 0.717) is 6.04 Å². The van der Waals surface area contributed by atoms with Crippen molar-refractivity contribution in [3.8, 4) is 11.1 Å². The SMILES string of the molecule is c1ccc(CN2CCC[C@@H]2c2ncn3cc(-c4cccnc4)ccc23)nc1. The Bertz CT molecular complexity index is 1040. The highest BCUT2D eigenvalue weighted by Crippen LogP contribution is 2.34. The van der Waals surface area contributed by atoms with Gasteiger partial charge in [-0.2, -0.15) is 0 Å². The monoisotopic (exact) mass is 355 g/mol. The molecule has 5 heteroatoms. The maximum atomic E-state index is 4.79. The van der Waals surface area contributed by atoms with E-state index in [1.165, 1.54) is 17.6 Å². The quantitative estimate of drug-likeness (QED) is 0.552. The summed E-state index contributed by atoms with van der Waals surface area (Å²) in [6, 6.07) is 14.9. The van der Waals surface area contributed by atoms with Gasteiger partial charge in [0.2, 0.25) is 0 Å². The zero-order chi connectivity index (χ0) is 18.1. The highest BCUT2D eigenvalue weighted by Gasteiger charge is 2.29. The van der Waals surface area contributed by atoms with Crippen LogP contribution in [0.5, 0.6) is 0 Å². The van der Waals surface area contributed by atoms with Gasteiger partial charge in [0.1, 0.15) is 0 Å². The Morgan fingerprint density at radius 3 is 2.81 bits per heavy atom. The number of hydrogen-bond donors (Lipinski definition) is 0. The first-order chi connectivity index (χ1) is 13.4. The van der Waals surface area contributed by atoms with Crippen molar-refractivity contribution in [3.05, 3.63) is 85.0 Å². The summed E-state index contributed by atoms with van der Waals surface area (Å²) in [6.45, 7) is 1.96. The lowest BCUT2D eigenvalue weighted by molar-refractivity contribution is 0.243. The van der Waals surface area contributed by atoms with E-state index in [2.05, 4.69) is 55.8 Å². The Morgan fingerprint density at radius 2 is 1.96 bits per heavy atom. The molecule has 4 aromatic heterocycles. The Labute approximate surface area is 158 Å². The van der Waals surface area contributed by atoms with Crippen LogP contribution in [0.4, 0.5) is 0 Å². The highest BCUT2D eigenvalue weighted by atomic mass is 15.2. The van der Waals surface area contributed by atoms with Gasteiger partial charge in [0.05, 0.1) is 29.3 Å². The molecule has 0 aromatic carbocycles. The van der Waals surface area contributed by atoms with Crippen LogP contribution in [-0.4, -0.2) is 30.8 Å². The zero-order valence-electron chi connectivity index (χ0n) is 15.1. The summed E-state index contributed by atoms with van der Waals surface area (Å²) < 4.78 is 2.13. The van der Waals surface area contributed by atoms with Crippen LogP contribution in [0.1, 0.15) is 30.3 Å². The predicted octanol–water partition coefficient (Wildman–Crippen LogP) is 4.13. The van der Waals surface area contributed by atoms with Crippen molar-refractivity contribution in [1.82, 2.24) is 24.3 Å². The smallest absolute Gasteiger partial charge is 0.0996 e. The molecule has 1 atom stereocenters. The maximum Gasteiger partial charge on any atom is 0.0996 e. The third-order valence-corrected chi connectivity index (χ3v) is 5.33. The summed E-state index contributed by atoms with van der Waals surface area (Å²) in [6.07, 6.45) is 12.0. The van der Waals surface area contributed by atoms with Crippen molar-refractivity contribution in [1.29, 1.82) is 0 Å². The second-order valence-corrected chi connectivity index (χ2v) is 7.03. The van der Waals surface area contributed by atoms with Crippen LogP contribution in [0.25, 0.3) is 16.6 Å². The van der Waals surface area contributed by atoms with E-state index in [1.807, 2.05) is 30.9 Å². The lowest BCUT2D eigenvalue weighted by atomic mass is 10.1. The highest BCUT2D eigenvalue weighted by molar-refractivity contribution is 5.66. The molecule has 5 nitrogen and oxygen atoms in total. The van der Waals surface area contributed by atoms with Gasteiger partial charge in [-0.15, -0.1) is 0 Å². The van der Waals surface area contributed by atoms with Crippen LogP contribution in [0.15, 0.2) is 73.6 Å². The number of fused-ring (bicyclic) bond motifs is 1. The summed E-state index contributed by atoms with van der Waals surface area (Å²) in [5.41, 5.74) is 5.73. The predicted molar refractivity (Wildman–Crippen MR) is 105 cm³/mol. The number of rotatable bonds is 4. The molecule has 5 rings (SSSR count). The molecule has 0 bridgehead atoms. The first-order valence-corrected chi connectivity index (χ1v) is 9.39.